The number of thiocarbonyl (C=S) groups is 1. The van der Waals surface area contributed by atoms with Gasteiger partial charge in [-0.2, -0.15) is 0 Å². The van der Waals surface area contributed by atoms with Gasteiger partial charge < -0.3 is 15.1 Å². The van der Waals surface area contributed by atoms with Crippen molar-refractivity contribution in [3.63, 3.8) is 0 Å². The molecule has 2 aromatic rings. The van der Waals surface area contributed by atoms with Crippen LogP contribution in [0.3, 0.4) is 0 Å². The fourth-order valence-corrected chi connectivity index (χ4v) is 3.96. The Bertz CT molecular complexity index is 789. The lowest BCUT2D eigenvalue weighted by atomic mass is 10.2. The summed E-state index contributed by atoms with van der Waals surface area (Å²) in [6.07, 6.45) is 3.22. The molecule has 0 spiro atoms. The molecule has 3 rings (SSSR count). The molecule has 0 saturated carbocycles. The van der Waals surface area contributed by atoms with E-state index in [2.05, 4.69) is 20.1 Å². The molecule has 1 aliphatic heterocycles. The Kier molecular flexibility index (Phi) is 6.70. The third-order valence-corrected chi connectivity index (χ3v) is 5.83. The lowest BCUT2D eigenvalue weighted by Gasteiger charge is -2.38. The summed E-state index contributed by atoms with van der Waals surface area (Å²) in [5.74, 6) is 0. The fourth-order valence-electron chi connectivity index (χ4n) is 2.78. The van der Waals surface area contributed by atoms with Crippen molar-refractivity contribution in [2.24, 2.45) is 0 Å². The van der Waals surface area contributed by atoms with Crippen LogP contribution >= 0.6 is 58.6 Å². The maximum atomic E-state index is 6.24. The number of benzene rings is 1. The van der Waals surface area contributed by atoms with Gasteiger partial charge in [-0.05, 0) is 29.9 Å². The Morgan fingerprint density at radius 2 is 1.62 bits per heavy atom. The lowest BCUT2D eigenvalue weighted by Crippen LogP contribution is -2.51. The molecule has 1 N–H and O–H groups in total. The summed E-state index contributed by atoms with van der Waals surface area (Å²) in [6.45, 7) is 3.71. The Balaban J connectivity index is 1.54. The van der Waals surface area contributed by atoms with Crippen LogP contribution in [-0.2, 0) is 6.54 Å². The topological polar surface area (TPSA) is 31.4 Å². The van der Waals surface area contributed by atoms with Gasteiger partial charge in [-0.15, -0.1) is 0 Å². The molecule has 0 aliphatic carbocycles. The minimum Gasteiger partial charge on any atom is -0.365 e. The van der Waals surface area contributed by atoms with E-state index in [9.17, 15) is 0 Å². The lowest BCUT2D eigenvalue weighted by molar-refractivity contribution is 0.380. The molecule has 0 bridgehead atoms. The highest BCUT2D eigenvalue weighted by Gasteiger charge is 2.22. The van der Waals surface area contributed by atoms with Crippen molar-refractivity contribution in [1.82, 2.24) is 15.2 Å². The molecule has 1 saturated heterocycles. The molecule has 26 heavy (non-hydrogen) atoms. The first kappa shape index (κ1) is 19.8. The van der Waals surface area contributed by atoms with Crippen molar-refractivity contribution in [3.8, 4) is 0 Å². The van der Waals surface area contributed by atoms with Crippen LogP contribution < -0.4 is 10.2 Å². The van der Waals surface area contributed by atoms with Crippen LogP contribution in [0.25, 0.3) is 0 Å². The minimum atomic E-state index is 0.539. The number of nitrogens with one attached hydrogen (secondary N) is 1. The van der Waals surface area contributed by atoms with Gasteiger partial charge in [-0.1, -0.05) is 52.5 Å². The zero-order valence-electron chi connectivity index (χ0n) is 13.7. The van der Waals surface area contributed by atoms with E-state index in [1.54, 1.807) is 18.5 Å². The Hall–Kier alpha value is -0.980. The summed E-state index contributed by atoms with van der Waals surface area (Å²) in [6, 6.07) is 5.55. The van der Waals surface area contributed by atoms with Gasteiger partial charge in [0.25, 0.3) is 0 Å². The van der Waals surface area contributed by atoms with E-state index in [1.165, 1.54) is 0 Å². The van der Waals surface area contributed by atoms with Gasteiger partial charge in [0.05, 0.1) is 25.8 Å². The molecular formula is C17H16Cl4N4S. The van der Waals surface area contributed by atoms with Gasteiger partial charge in [-0.3, -0.25) is 4.98 Å². The quantitative estimate of drug-likeness (QED) is 0.674. The van der Waals surface area contributed by atoms with Crippen molar-refractivity contribution < 1.29 is 0 Å². The summed E-state index contributed by atoms with van der Waals surface area (Å²) in [7, 11) is 0. The predicted molar refractivity (Wildman–Crippen MR) is 114 cm³/mol. The van der Waals surface area contributed by atoms with Gasteiger partial charge in [0.15, 0.2) is 5.11 Å². The Labute approximate surface area is 178 Å². The van der Waals surface area contributed by atoms with E-state index in [4.69, 9.17) is 58.6 Å². The number of pyridine rings is 1. The summed E-state index contributed by atoms with van der Waals surface area (Å²) in [5.41, 5.74) is 1.86. The molecule has 1 aliphatic rings. The average molecular weight is 450 g/mol. The van der Waals surface area contributed by atoms with Gasteiger partial charge >= 0.3 is 0 Å². The number of rotatable bonds is 3. The van der Waals surface area contributed by atoms with E-state index in [0.29, 0.717) is 31.7 Å². The Morgan fingerprint density at radius 1 is 0.962 bits per heavy atom. The largest absolute Gasteiger partial charge is 0.365 e. The molecule has 9 heteroatoms. The van der Waals surface area contributed by atoms with E-state index in [1.807, 2.05) is 12.1 Å². The summed E-state index contributed by atoms with van der Waals surface area (Å²) < 4.78 is 0. The highest BCUT2D eigenvalue weighted by atomic mass is 35.5. The van der Waals surface area contributed by atoms with Crippen LogP contribution in [0.15, 0.2) is 30.6 Å². The normalized spacial score (nSPS) is 14.5. The van der Waals surface area contributed by atoms with Crippen molar-refractivity contribution in [3.05, 3.63) is 56.2 Å². The van der Waals surface area contributed by atoms with E-state index >= 15 is 0 Å². The molecule has 2 heterocycles. The molecule has 1 aromatic carbocycles. The fraction of sp³-hybridized carbons (Fsp3) is 0.294. The molecule has 138 valence electrons. The Morgan fingerprint density at radius 3 is 2.23 bits per heavy atom. The SMILES string of the molecule is S=C(NCc1ccc(Cl)c(Cl)c1)N1CCN(c2c(Cl)cncc2Cl)CC1. The van der Waals surface area contributed by atoms with Crippen molar-refractivity contribution in [1.29, 1.82) is 0 Å². The monoisotopic (exact) mass is 448 g/mol. The van der Waals surface area contributed by atoms with Crippen LogP contribution in [0, 0.1) is 0 Å². The minimum absolute atomic E-state index is 0.539. The van der Waals surface area contributed by atoms with Crippen LogP contribution in [-0.4, -0.2) is 41.2 Å². The zero-order chi connectivity index (χ0) is 18.7. The van der Waals surface area contributed by atoms with Crippen LogP contribution in [0.1, 0.15) is 5.56 Å². The van der Waals surface area contributed by atoms with Crippen LogP contribution in [0.2, 0.25) is 20.1 Å². The summed E-state index contributed by atoms with van der Waals surface area (Å²) in [5, 5.41) is 6.18. The molecule has 0 amide bonds. The third-order valence-electron chi connectivity index (χ3n) is 4.14. The maximum Gasteiger partial charge on any atom is 0.169 e. The maximum absolute atomic E-state index is 6.24. The molecular weight excluding hydrogens is 434 g/mol. The third kappa shape index (κ3) is 4.65. The number of aromatic nitrogens is 1. The first-order chi connectivity index (χ1) is 12.5. The van der Waals surface area contributed by atoms with Crippen molar-refractivity contribution in [2.75, 3.05) is 31.1 Å². The summed E-state index contributed by atoms with van der Waals surface area (Å²) in [4.78, 5) is 8.29. The number of hydrogen-bond acceptors (Lipinski definition) is 3. The van der Waals surface area contributed by atoms with E-state index < -0.39 is 0 Å². The first-order valence-electron chi connectivity index (χ1n) is 7.96. The number of nitrogens with zero attached hydrogens (tertiary/aromatic N) is 3. The van der Waals surface area contributed by atoms with Gasteiger partial charge in [0.2, 0.25) is 0 Å². The molecule has 1 fully saturated rings. The number of halogens is 4. The number of hydrogen-bond donors (Lipinski definition) is 1. The first-order valence-corrected chi connectivity index (χ1v) is 9.88. The molecule has 4 nitrogen and oxygen atoms in total. The predicted octanol–water partition coefficient (Wildman–Crippen LogP) is 4.89. The molecule has 1 aromatic heterocycles. The number of anilines is 1. The van der Waals surface area contributed by atoms with E-state index in [-0.39, 0.29) is 0 Å². The molecule has 0 atom stereocenters. The standard InChI is InChI=1S/C17H16Cl4N4S/c18-12-2-1-11(7-13(12)19)8-23-17(26)25-5-3-24(4-6-25)16-14(20)9-22-10-15(16)21/h1-2,7,9-10H,3-6,8H2,(H,23,26). The van der Waals surface area contributed by atoms with Gasteiger partial charge in [0.1, 0.15) is 0 Å². The zero-order valence-corrected chi connectivity index (χ0v) is 17.5. The highest BCUT2D eigenvalue weighted by Crippen LogP contribution is 2.33. The van der Waals surface area contributed by atoms with Crippen LogP contribution in [0.4, 0.5) is 5.69 Å². The van der Waals surface area contributed by atoms with Crippen molar-refractivity contribution in [2.45, 2.75) is 6.54 Å². The average Bonchev–Trinajstić information content (AvgIpc) is 2.63. The second-order valence-electron chi connectivity index (χ2n) is 5.83. The summed E-state index contributed by atoms with van der Waals surface area (Å²) >= 11 is 30.0. The molecule has 0 radical (unpaired) electrons. The van der Waals surface area contributed by atoms with Crippen molar-refractivity contribution >= 4 is 69.4 Å². The second kappa shape index (κ2) is 8.81. The smallest absolute Gasteiger partial charge is 0.169 e. The van der Waals surface area contributed by atoms with Gasteiger partial charge in [-0.25, -0.2) is 0 Å². The number of piperazine rings is 1. The highest BCUT2D eigenvalue weighted by molar-refractivity contribution is 7.80. The van der Waals surface area contributed by atoms with Gasteiger partial charge in [0, 0.05) is 45.1 Å². The van der Waals surface area contributed by atoms with Crippen LogP contribution in [0.5, 0.6) is 0 Å². The second-order valence-corrected chi connectivity index (χ2v) is 7.85. The van der Waals surface area contributed by atoms with E-state index in [0.717, 1.165) is 37.4 Å². The molecule has 0 unspecified atom stereocenters.